The van der Waals surface area contributed by atoms with Gasteiger partial charge in [0.1, 0.15) is 6.10 Å². The predicted octanol–water partition coefficient (Wildman–Crippen LogP) is 1.94. The molecule has 0 aliphatic carbocycles. The number of amides is 1. The molecule has 1 aliphatic rings. The van der Waals surface area contributed by atoms with Crippen molar-refractivity contribution < 1.29 is 14.3 Å². The molecule has 3 N–H and O–H groups in total. The van der Waals surface area contributed by atoms with Gasteiger partial charge in [-0.1, -0.05) is 28.1 Å². The number of benzene rings is 1. The highest BCUT2D eigenvalue weighted by Gasteiger charge is 2.31. The molecule has 2 atom stereocenters. The molecule has 0 spiro atoms. The summed E-state index contributed by atoms with van der Waals surface area (Å²) in [6.45, 7) is 1.18. The van der Waals surface area contributed by atoms with Gasteiger partial charge in [-0.25, -0.2) is 9.97 Å². The van der Waals surface area contributed by atoms with Crippen molar-refractivity contribution in [3.05, 3.63) is 58.6 Å². The SMILES string of the molecule is Cn1cc(-c2cnc(N)c(C(=O)N[C@H]3COC[C@@H]3OCc3ccc(Br)cc3)n2)cn1. The number of hydrogen-bond donors (Lipinski definition) is 2. The molecule has 1 amide bonds. The van der Waals surface area contributed by atoms with E-state index in [1.807, 2.05) is 24.3 Å². The molecule has 0 bridgehead atoms. The fourth-order valence-corrected chi connectivity index (χ4v) is 3.38. The molecule has 1 saturated heterocycles. The number of ether oxygens (including phenoxy) is 2. The Hall–Kier alpha value is -2.82. The van der Waals surface area contributed by atoms with Crippen molar-refractivity contribution in [2.45, 2.75) is 18.8 Å². The van der Waals surface area contributed by atoms with Crippen molar-refractivity contribution in [2.24, 2.45) is 7.05 Å². The zero-order valence-corrected chi connectivity index (χ0v) is 17.9. The molecule has 0 radical (unpaired) electrons. The molecular formula is C20H21BrN6O3. The van der Waals surface area contributed by atoms with E-state index in [1.54, 1.807) is 24.1 Å². The van der Waals surface area contributed by atoms with Crippen LogP contribution in [0.3, 0.4) is 0 Å². The average molecular weight is 473 g/mol. The molecule has 2 aromatic heterocycles. The first-order valence-corrected chi connectivity index (χ1v) is 10.1. The number of rotatable bonds is 6. The summed E-state index contributed by atoms with van der Waals surface area (Å²) in [5, 5.41) is 7.03. The Kier molecular flexibility index (Phi) is 6.07. The standard InChI is InChI=1S/C20H21BrN6O3/c1-27-8-13(6-24-27)15-7-23-19(22)18(25-15)20(28)26-16-10-29-11-17(16)30-9-12-2-4-14(21)5-3-12/h2-8,16-17H,9-11H2,1H3,(H2,22,23)(H,26,28)/t16-,17-/m0/s1. The molecule has 9 nitrogen and oxygen atoms in total. The number of hydrogen-bond acceptors (Lipinski definition) is 7. The number of nitrogens with one attached hydrogen (secondary N) is 1. The second kappa shape index (κ2) is 8.90. The normalized spacial score (nSPS) is 18.5. The van der Waals surface area contributed by atoms with E-state index in [0.717, 1.165) is 15.6 Å². The van der Waals surface area contributed by atoms with Crippen LogP contribution in [0, 0.1) is 0 Å². The molecular weight excluding hydrogens is 452 g/mol. The van der Waals surface area contributed by atoms with Crippen molar-refractivity contribution >= 4 is 27.7 Å². The van der Waals surface area contributed by atoms with Crippen molar-refractivity contribution in [3.63, 3.8) is 0 Å². The fraction of sp³-hybridized carbons (Fsp3) is 0.300. The van der Waals surface area contributed by atoms with E-state index in [4.69, 9.17) is 15.2 Å². The summed E-state index contributed by atoms with van der Waals surface area (Å²) in [4.78, 5) is 21.3. The van der Waals surface area contributed by atoms with Crippen molar-refractivity contribution in [1.29, 1.82) is 0 Å². The van der Waals surface area contributed by atoms with Crippen LogP contribution in [-0.4, -0.2) is 51.0 Å². The van der Waals surface area contributed by atoms with Crippen molar-refractivity contribution in [1.82, 2.24) is 25.1 Å². The first-order valence-electron chi connectivity index (χ1n) is 9.36. The number of carbonyl (C=O) groups is 1. The number of nitrogens with zero attached hydrogens (tertiary/aromatic N) is 4. The Balaban J connectivity index is 1.43. The van der Waals surface area contributed by atoms with Crippen LogP contribution < -0.4 is 11.1 Å². The summed E-state index contributed by atoms with van der Waals surface area (Å²) in [6, 6.07) is 7.57. The molecule has 0 saturated carbocycles. The average Bonchev–Trinajstić information content (AvgIpc) is 3.36. The first kappa shape index (κ1) is 20.5. The maximum atomic E-state index is 12.8. The predicted molar refractivity (Wildman–Crippen MR) is 113 cm³/mol. The lowest BCUT2D eigenvalue weighted by atomic mass is 10.2. The topological polar surface area (TPSA) is 117 Å². The van der Waals surface area contributed by atoms with E-state index in [2.05, 4.69) is 36.3 Å². The highest BCUT2D eigenvalue weighted by atomic mass is 79.9. The summed E-state index contributed by atoms with van der Waals surface area (Å²) in [5.74, 6) is -0.357. The van der Waals surface area contributed by atoms with Crippen molar-refractivity contribution in [2.75, 3.05) is 18.9 Å². The number of halogens is 1. The van der Waals surface area contributed by atoms with Crippen LogP contribution in [0.4, 0.5) is 5.82 Å². The van der Waals surface area contributed by atoms with Gasteiger partial charge in [-0.15, -0.1) is 0 Å². The molecule has 3 heterocycles. The Labute approximate surface area is 181 Å². The number of anilines is 1. The lowest BCUT2D eigenvalue weighted by molar-refractivity contribution is 0.0218. The van der Waals surface area contributed by atoms with Gasteiger partial charge in [-0.05, 0) is 17.7 Å². The van der Waals surface area contributed by atoms with Crippen LogP contribution in [0.5, 0.6) is 0 Å². The van der Waals surface area contributed by atoms with Gasteiger partial charge < -0.3 is 20.5 Å². The summed E-state index contributed by atoms with van der Waals surface area (Å²) < 4.78 is 14.1. The Morgan fingerprint density at radius 2 is 2.13 bits per heavy atom. The van der Waals surface area contributed by atoms with Gasteiger partial charge in [-0.3, -0.25) is 9.48 Å². The molecule has 0 unspecified atom stereocenters. The number of carbonyl (C=O) groups excluding carboxylic acids is 1. The summed E-state index contributed by atoms with van der Waals surface area (Å²) in [5.41, 5.74) is 8.28. The summed E-state index contributed by atoms with van der Waals surface area (Å²) in [6.07, 6.45) is 4.69. The van der Waals surface area contributed by atoms with Crippen LogP contribution in [0.2, 0.25) is 0 Å². The van der Waals surface area contributed by atoms with E-state index >= 15 is 0 Å². The summed E-state index contributed by atoms with van der Waals surface area (Å²) in [7, 11) is 1.80. The van der Waals surface area contributed by atoms with Crippen LogP contribution in [0.25, 0.3) is 11.3 Å². The molecule has 1 fully saturated rings. The Bertz CT molecular complexity index is 1040. The molecule has 10 heteroatoms. The molecule has 156 valence electrons. The zero-order valence-electron chi connectivity index (χ0n) is 16.3. The number of nitrogen functional groups attached to an aromatic ring is 1. The minimum absolute atomic E-state index is 0.0615. The van der Waals surface area contributed by atoms with E-state index in [0.29, 0.717) is 25.5 Å². The van der Waals surface area contributed by atoms with Crippen LogP contribution >= 0.6 is 15.9 Å². The highest BCUT2D eigenvalue weighted by Crippen LogP contribution is 2.19. The smallest absolute Gasteiger partial charge is 0.274 e. The quantitative estimate of drug-likeness (QED) is 0.562. The maximum Gasteiger partial charge on any atom is 0.274 e. The van der Waals surface area contributed by atoms with Gasteiger partial charge in [0.05, 0.1) is 44.0 Å². The molecule has 1 aromatic carbocycles. The van der Waals surface area contributed by atoms with Crippen LogP contribution in [0.1, 0.15) is 16.1 Å². The van der Waals surface area contributed by atoms with E-state index in [9.17, 15) is 4.79 Å². The summed E-state index contributed by atoms with van der Waals surface area (Å²) >= 11 is 3.41. The number of aryl methyl sites for hydroxylation is 1. The third kappa shape index (κ3) is 4.66. The highest BCUT2D eigenvalue weighted by molar-refractivity contribution is 9.10. The first-order chi connectivity index (χ1) is 14.5. The second-order valence-electron chi connectivity index (χ2n) is 6.99. The molecule has 1 aliphatic heterocycles. The van der Waals surface area contributed by atoms with Gasteiger partial charge in [0.2, 0.25) is 0 Å². The monoisotopic (exact) mass is 472 g/mol. The van der Waals surface area contributed by atoms with Crippen molar-refractivity contribution in [3.8, 4) is 11.3 Å². The minimum Gasteiger partial charge on any atom is -0.382 e. The second-order valence-corrected chi connectivity index (χ2v) is 7.90. The van der Waals surface area contributed by atoms with Gasteiger partial charge >= 0.3 is 0 Å². The van der Waals surface area contributed by atoms with Crippen LogP contribution in [-0.2, 0) is 23.1 Å². The molecule has 4 rings (SSSR count). The molecule has 30 heavy (non-hydrogen) atoms. The Morgan fingerprint density at radius 1 is 1.33 bits per heavy atom. The van der Waals surface area contributed by atoms with Crippen LogP contribution in [0.15, 0.2) is 47.3 Å². The van der Waals surface area contributed by atoms with Gasteiger partial charge in [-0.2, -0.15) is 5.10 Å². The van der Waals surface area contributed by atoms with E-state index in [1.165, 1.54) is 6.20 Å². The maximum absolute atomic E-state index is 12.8. The minimum atomic E-state index is -0.418. The number of aromatic nitrogens is 4. The van der Waals surface area contributed by atoms with E-state index < -0.39 is 5.91 Å². The van der Waals surface area contributed by atoms with Gasteiger partial charge in [0.25, 0.3) is 5.91 Å². The third-order valence-corrected chi connectivity index (χ3v) is 5.27. The van der Waals surface area contributed by atoms with Gasteiger partial charge in [0, 0.05) is 23.3 Å². The Morgan fingerprint density at radius 3 is 2.87 bits per heavy atom. The lowest BCUT2D eigenvalue weighted by Crippen LogP contribution is -2.44. The van der Waals surface area contributed by atoms with Gasteiger partial charge in [0.15, 0.2) is 11.5 Å². The third-order valence-electron chi connectivity index (χ3n) is 4.74. The zero-order chi connectivity index (χ0) is 21.1. The number of nitrogens with two attached hydrogens (primary N) is 1. The lowest BCUT2D eigenvalue weighted by Gasteiger charge is -2.20. The molecule has 3 aromatic rings. The van der Waals surface area contributed by atoms with E-state index in [-0.39, 0.29) is 23.7 Å². The fourth-order valence-electron chi connectivity index (χ4n) is 3.11. The largest absolute Gasteiger partial charge is 0.382 e.